The van der Waals surface area contributed by atoms with Crippen LogP contribution in [-0.4, -0.2) is 104 Å². The van der Waals surface area contributed by atoms with Crippen LogP contribution in [0.3, 0.4) is 0 Å². The molecule has 5 atom stereocenters. The van der Waals surface area contributed by atoms with Gasteiger partial charge in [0.05, 0.1) is 19.5 Å². The zero-order valence-corrected chi connectivity index (χ0v) is 31.8. The Labute approximate surface area is 307 Å². The van der Waals surface area contributed by atoms with Crippen LogP contribution in [0.5, 0.6) is 5.75 Å². The van der Waals surface area contributed by atoms with E-state index < -0.39 is 74.4 Å². The molecule has 2 fully saturated rings. The second kappa shape index (κ2) is 14.2. The summed E-state index contributed by atoms with van der Waals surface area (Å²) in [6, 6.07) is 4.03. The van der Waals surface area contributed by atoms with Crippen molar-refractivity contribution in [2.24, 2.45) is 18.4 Å². The van der Waals surface area contributed by atoms with Crippen molar-refractivity contribution in [1.82, 2.24) is 50.0 Å². The third-order valence-corrected chi connectivity index (χ3v) is 10.2. The Balaban J connectivity index is 1.45. The van der Waals surface area contributed by atoms with Crippen LogP contribution in [0.2, 0.25) is 0 Å². The van der Waals surface area contributed by atoms with Crippen LogP contribution in [0.1, 0.15) is 60.4 Å². The van der Waals surface area contributed by atoms with Gasteiger partial charge in [0.25, 0.3) is 15.9 Å². The maximum Gasteiger partial charge on any atom is 0.408 e. The van der Waals surface area contributed by atoms with Crippen molar-refractivity contribution >= 4 is 33.8 Å². The molecule has 3 heterocycles. The van der Waals surface area contributed by atoms with Gasteiger partial charge in [0.1, 0.15) is 29.0 Å². The number of carbonyl (C=O) groups is 4. The molecule has 0 unspecified atom stereocenters. The molecule has 1 saturated heterocycles. The molecular formula is C34H46N10O8S. The lowest BCUT2D eigenvalue weighted by molar-refractivity contribution is -0.143. The molecule has 4 amide bonds. The van der Waals surface area contributed by atoms with Crippen LogP contribution < -0.4 is 20.1 Å². The smallest absolute Gasteiger partial charge is 0.408 e. The quantitative estimate of drug-likeness (QED) is 0.238. The normalized spacial score (nSPS) is 22.0. The summed E-state index contributed by atoms with van der Waals surface area (Å²) >= 11 is 0. The Hall–Kier alpha value is -5.33. The summed E-state index contributed by atoms with van der Waals surface area (Å²) in [7, 11) is -1.25. The molecule has 5 rings (SSSR count). The maximum absolute atomic E-state index is 14.5. The molecule has 2 aromatic heterocycles. The number of imidazole rings is 1. The highest BCUT2D eigenvalue weighted by molar-refractivity contribution is 7.90. The third-order valence-electron chi connectivity index (χ3n) is 8.98. The minimum Gasteiger partial charge on any atom is -0.497 e. The molecule has 2 aliphatic rings. The fraction of sp³-hybridized carbons (Fsp3) is 0.529. The van der Waals surface area contributed by atoms with Gasteiger partial charge in [-0.25, -0.2) is 14.5 Å². The summed E-state index contributed by atoms with van der Waals surface area (Å²) in [5.74, 6) is -1.95. The largest absolute Gasteiger partial charge is 0.497 e. The van der Waals surface area contributed by atoms with Gasteiger partial charge in [0.2, 0.25) is 17.6 Å². The Morgan fingerprint density at radius 2 is 1.77 bits per heavy atom. The number of benzene rings is 1. The molecular weight excluding hydrogens is 709 g/mol. The average molecular weight is 755 g/mol. The summed E-state index contributed by atoms with van der Waals surface area (Å²) < 4.78 is 40.2. The number of tetrazole rings is 1. The van der Waals surface area contributed by atoms with Gasteiger partial charge in [0.15, 0.2) is 5.03 Å². The number of aromatic nitrogens is 6. The first-order valence-electron chi connectivity index (χ1n) is 16.9. The van der Waals surface area contributed by atoms with Crippen molar-refractivity contribution in [3.8, 4) is 17.1 Å². The second-order valence-corrected chi connectivity index (χ2v) is 17.0. The number of nitrogens with zero attached hydrogens (tertiary/aromatic N) is 7. The number of carbonyl (C=O) groups excluding carboxylic acids is 4. The fourth-order valence-corrected chi connectivity index (χ4v) is 7.10. The summed E-state index contributed by atoms with van der Waals surface area (Å²) in [6.07, 6.45) is 3.21. The molecule has 0 bridgehead atoms. The predicted octanol–water partition coefficient (Wildman–Crippen LogP) is 1.73. The van der Waals surface area contributed by atoms with Gasteiger partial charge >= 0.3 is 6.09 Å². The minimum atomic E-state index is -4.38. The second-order valence-electron chi connectivity index (χ2n) is 15.3. The zero-order chi connectivity index (χ0) is 39.1. The molecule has 1 aliphatic carbocycles. The van der Waals surface area contributed by atoms with Crippen LogP contribution in [0.25, 0.3) is 11.4 Å². The van der Waals surface area contributed by atoms with Gasteiger partial charge in [-0.15, -0.1) is 16.8 Å². The monoisotopic (exact) mass is 754 g/mol. The molecule has 3 N–H and O–H groups in total. The Bertz CT molecular complexity index is 2000. The van der Waals surface area contributed by atoms with Crippen molar-refractivity contribution in [2.75, 3.05) is 13.7 Å². The number of ether oxygens (including phenoxy) is 2. The Morgan fingerprint density at radius 3 is 2.32 bits per heavy atom. The first-order valence-corrected chi connectivity index (χ1v) is 18.4. The van der Waals surface area contributed by atoms with Crippen molar-refractivity contribution in [1.29, 1.82) is 0 Å². The molecule has 19 heteroatoms. The summed E-state index contributed by atoms with van der Waals surface area (Å²) in [4.78, 5) is 61.8. The summed E-state index contributed by atoms with van der Waals surface area (Å²) in [5, 5.41) is 18.0. The lowest BCUT2D eigenvalue weighted by atomic mass is 9.85. The summed E-state index contributed by atoms with van der Waals surface area (Å²) in [6.45, 7) is 14.1. The SMILES string of the molecule is C=C[C@@H]1C[C@]1(NC(=O)[C@@H]1C[C@@H](n2nnc(-c3ccc(OC)cc3)n2)CN1C(=O)[C@@H](NC(=O)OC(C)(C)C)C(C)(C)C)C(=O)NS(=O)(=O)c1cn(C)cn1. The molecule has 53 heavy (non-hydrogen) atoms. The zero-order valence-electron chi connectivity index (χ0n) is 31.0. The Morgan fingerprint density at radius 1 is 1.09 bits per heavy atom. The van der Waals surface area contributed by atoms with Gasteiger partial charge in [-0.2, -0.15) is 13.2 Å². The van der Waals surface area contributed by atoms with Crippen molar-refractivity contribution in [3.05, 3.63) is 49.4 Å². The third kappa shape index (κ3) is 8.50. The number of alkyl carbamates (subject to hydrolysis) is 1. The first kappa shape index (κ1) is 38.9. The topological polar surface area (TPSA) is 222 Å². The number of hydrogen-bond acceptors (Lipinski definition) is 12. The molecule has 18 nitrogen and oxygen atoms in total. The van der Waals surface area contributed by atoms with Gasteiger partial charge < -0.3 is 29.6 Å². The van der Waals surface area contributed by atoms with E-state index in [0.717, 1.165) is 0 Å². The molecule has 1 aliphatic heterocycles. The minimum absolute atomic E-state index is 0.00196. The summed E-state index contributed by atoms with van der Waals surface area (Å²) in [5.41, 5.74) is -2.70. The number of amides is 4. The number of aryl methyl sites for hydroxylation is 1. The lowest BCUT2D eigenvalue weighted by Gasteiger charge is -2.36. The fourth-order valence-electron chi connectivity index (χ4n) is 6.08. The highest BCUT2D eigenvalue weighted by atomic mass is 32.2. The van der Waals surface area contributed by atoms with E-state index in [2.05, 4.69) is 37.6 Å². The van der Waals surface area contributed by atoms with Crippen LogP contribution in [0.15, 0.2) is 54.5 Å². The van der Waals surface area contributed by atoms with Gasteiger partial charge in [-0.05, 0) is 62.1 Å². The van der Waals surface area contributed by atoms with E-state index in [9.17, 15) is 27.6 Å². The number of hydrogen-bond donors (Lipinski definition) is 3. The molecule has 0 radical (unpaired) electrons. The lowest BCUT2D eigenvalue weighted by Crippen LogP contribution is -2.60. The number of methoxy groups -OCH3 is 1. The van der Waals surface area contributed by atoms with Crippen molar-refractivity contribution < 1.29 is 37.1 Å². The van der Waals surface area contributed by atoms with Crippen LogP contribution >= 0.6 is 0 Å². The molecule has 3 aromatic rings. The molecule has 0 spiro atoms. The average Bonchev–Trinajstić information content (AvgIpc) is 3.48. The number of rotatable bonds is 11. The number of sulfonamides is 1. The van der Waals surface area contributed by atoms with E-state index in [4.69, 9.17) is 9.47 Å². The van der Waals surface area contributed by atoms with Gasteiger partial charge in [-0.1, -0.05) is 26.8 Å². The highest BCUT2D eigenvalue weighted by Crippen LogP contribution is 2.45. The molecule has 286 valence electrons. The van der Waals surface area contributed by atoms with Crippen LogP contribution in [0, 0.1) is 11.3 Å². The Kier molecular flexibility index (Phi) is 10.5. The molecule has 1 saturated carbocycles. The van der Waals surface area contributed by atoms with Gasteiger partial charge in [-0.3, -0.25) is 14.4 Å². The van der Waals surface area contributed by atoms with Crippen molar-refractivity contribution in [3.63, 3.8) is 0 Å². The van der Waals surface area contributed by atoms with E-state index in [1.54, 1.807) is 80.0 Å². The molecule has 1 aromatic carbocycles. The van der Waals surface area contributed by atoms with Crippen LogP contribution in [0.4, 0.5) is 4.79 Å². The highest BCUT2D eigenvalue weighted by Gasteiger charge is 2.61. The number of likely N-dealkylation sites (tertiary alicyclic amines) is 1. The van der Waals surface area contributed by atoms with Crippen molar-refractivity contribution in [2.45, 2.75) is 88.7 Å². The van der Waals surface area contributed by atoms with Gasteiger partial charge in [0, 0.05) is 37.7 Å². The predicted molar refractivity (Wildman–Crippen MR) is 189 cm³/mol. The van der Waals surface area contributed by atoms with E-state index >= 15 is 0 Å². The van der Waals surface area contributed by atoms with Crippen LogP contribution in [-0.2, 0) is 36.2 Å². The van der Waals surface area contributed by atoms with E-state index in [1.807, 2.05) is 4.72 Å². The maximum atomic E-state index is 14.5. The first-order chi connectivity index (χ1) is 24.7. The van der Waals surface area contributed by atoms with E-state index in [1.165, 1.54) is 32.9 Å². The standard InChI is InChI=1S/C34H46N10O8S/c1-10-21-16-34(21,30(47)40-53(49,50)25-18-42(8)19-35-25)37-28(45)24-15-22(44-39-27(38-41-44)20-11-13-23(51-9)14-12-20)17-43(24)29(46)26(32(2,3)4)36-31(48)52-33(5,6)7/h10-14,18-19,21-22,24,26H,1,15-17H2,2-9H3,(H,36,48)(H,37,45)(H,40,47)/t21-,22-,24+,26-,34-/m1/s1. The number of nitrogens with one attached hydrogen (secondary N) is 3. The van der Waals surface area contributed by atoms with E-state index in [0.29, 0.717) is 17.1 Å². The van der Waals surface area contributed by atoms with E-state index in [-0.39, 0.29) is 24.4 Å².